The van der Waals surface area contributed by atoms with E-state index in [0.717, 1.165) is 16.6 Å². The van der Waals surface area contributed by atoms with Crippen LogP contribution in [0.2, 0.25) is 0 Å². The van der Waals surface area contributed by atoms with E-state index in [-0.39, 0.29) is 0 Å². The monoisotopic (exact) mass is 211 g/mol. The number of hydrogen-bond acceptors (Lipinski definition) is 4. The van der Waals surface area contributed by atoms with Gasteiger partial charge in [0.2, 0.25) is 11.6 Å². The molecule has 0 atom stereocenters. The molecule has 0 saturated carbocycles. The maximum Gasteiger partial charge on any atom is 0.247 e. The second kappa shape index (κ2) is 3.41. The lowest BCUT2D eigenvalue weighted by molar-refractivity contribution is 0.607. The van der Waals surface area contributed by atoms with Crippen molar-refractivity contribution in [3.05, 3.63) is 42.4 Å². The molecule has 0 aromatic carbocycles. The minimum atomic E-state index is 0.567. The van der Waals surface area contributed by atoms with E-state index in [1.54, 1.807) is 18.6 Å². The predicted molar refractivity (Wildman–Crippen MR) is 59.8 cm³/mol. The molecule has 0 aliphatic heterocycles. The fraction of sp³-hybridized carbons (Fsp3) is 0.0833. The van der Waals surface area contributed by atoms with Gasteiger partial charge >= 0.3 is 0 Å². The zero-order chi connectivity index (χ0) is 11.0. The van der Waals surface area contributed by atoms with Gasteiger partial charge in [-0.25, -0.2) is 9.97 Å². The Bertz CT molecular complexity index is 631. The molecule has 0 aliphatic rings. The van der Waals surface area contributed by atoms with Gasteiger partial charge in [-0.05, 0) is 30.7 Å². The molecule has 0 fully saturated rings. The van der Waals surface area contributed by atoms with Crippen molar-refractivity contribution in [1.29, 1.82) is 0 Å². The summed E-state index contributed by atoms with van der Waals surface area (Å²) >= 11 is 0. The minimum Gasteiger partial charge on any atom is -0.418 e. The van der Waals surface area contributed by atoms with E-state index in [1.165, 1.54) is 0 Å². The summed E-state index contributed by atoms with van der Waals surface area (Å²) in [6.07, 6.45) is 5.19. The molecule has 3 heterocycles. The first kappa shape index (κ1) is 9.03. The van der Waals surface area contributed by atoms with Crippen LogP contribution in [0.1, 0.15) is 5.56 Å². The molecule has 3 rings (SSSR count). The van der Waals surface area contributed by atoms with E-state index in [1.807, 2.05) is 25.1 Å². The van der Waals surface area contributed by atoms with E-state index < -0.39 is 0 Å². The molecule has 3 aromatic heterocycles. The quantitative estimate of drug-likeness (QED) is 0.620. The van der Waals surface area contributed by atoms with Crippen LogP contribution in [0.15, 0.2) is 41.2 Å². The van der Waals surface area contributed by atoms with Gasteiger partial charge in [0.1, 0.15) is 5.52 Å². The van der Waals surface area contributed by atoms with Crippen molar-refractivity contribution in [2.75, 3.05) is 0 Å². The van der Waals surface area contributed by atoms with Crippen molar-refractivity contribution in [3.63, 3.8) is 0 Å². The molecule has 4 nitrogen and oxygen atoms in total. The van der Waals surface area contributed by atoms with Crippen molar-refractivity contribution in [2.45, 2.75) is 6.92 Å². The van der Waals surface area contributed by atoms with Gasteiger partial charge in [-0.15, -0.1) is 0 Å². The number of pyridine rings is 2. The summed E-state index contributed by atoms with van der Waals surface area (Å²) in [5.74, 6) is 0.579. The normalized spacial score (nSPS) is 10.8. The molecule has 4 heteroatoms. The summed E-state index contributed by atoms with van der Waals surface area (Å²) in [5, 5.41) is 0. The lowest BCUT2D eigenvalue weighted by Crippen LogP contribution is -1.77. The molecule has 78 valence electrons. The number of aryl methyl sites for hydroxylation is 1. The van der Waals surface area contributed by atoms with Gasteiger partial charge in [0.05, 0.1) is 0 Å². The van der Waals surface area contributed by atoms with E-state index >= 15 is 0 Å². The maximum atomic E-state index is 5.56. The first-order chi connectivity index (χ1) is 7.83. The van der Waals surface area contributed by atoms with E-state index in [2.05, 4.69) is 15.0 Å². The van der Waals surface area contributed by atoms with E-state index in [9.17, 15) is 0 Å². The summed E-state index contributed by atoms with van der Waals surface area (Å²) < 4.78 is 5.56. The van der Waals surface area contributed by atoms with Crippen LogP contribution in [-0.4, -0.2) is 15.0 Å². The second-order valence-corrected chi connectivity index (χ2v) is 3.59. The SMILES string of the molecule is Cc1cnc2oc(-c3ccncc3)nc2c1. The van der Waals surface area contributed by atoms with Gasteiger partial charge in [-0.1, -0.05) is 0 Å². The lowest BCUT2D eigenvalue weighted by Gasteiger charge is -1.90. The molecule has 0 aliphatic carbocycles. The van der Waals surface area contributed by atoms with Gasteiger partial charge in [0, 0.05) is 24.2 Å². The Balaban J connectivity index is 2.19. The highest BCUT2D eigenvalue weighted by molar-refractivity contribution is 5.72. The zero-order valence-corrected chi connectivity index (χ0v) is 8.71. The Kier molecular flexibility index (Phi) is 1.93. The molecule has 3 aromatic rings. The number of rotatable bonds is 1. The van der Waals surface area contributed by atoms with Crippen LogP contribution in [0.3, 0.4) is 0 Å². The number of oxazole rings is 1. The average molecular weight is 211 g/mol. The van der Waals surface area contributed by atoms with Crippen LogP contribution in [-0.2, 0) is 0 Å². The van der Waals surface area contributed by atoms with Gasteiger partial charge in [0.15, 0.2) is 0 Å². The number of nitrogens with zero attached hydrogens (tertiary/aromatic N) is 3. The number of hydrogen-bond donors (Lipinski definition) is 0. The third-order valence-electron chi connectivity index (χ3n) is 2.31. The Morgan fingerprint density at radius 1 is 1.19 bits per heavy atom. The Labute approximate surface area is 92.0 Å². The molecule has 0 saturated heterocycles. The molecular weight excluding hydrogens is 202 g/mol. The van der Waals surface area contributed by atoms with Crippen molar-refractivity contribution < 1.29 is 4.42 Å². The van der Waals surface area contributed by atoms with Crippen molar-refractivity contribution >= 4 is 11.2 Å². The van der Waals surface area contributed by atoms with Crippen LogP contribution >= 0.6 is 0 Å². The highest BCUT2D eigenvalue weighted by atomic mass is 16.4. The fourth-order valence-electron chi connectivity index (χ4n) is 1.54. The number of fused-ring (bicyclic) bond motifs is 1. The molecule has 0 amide bonds. The second-order valence-electron chi connectivity index (χ2n) is 3.59. The Morgan fingerprint density at radius 2 is 2.00 bits per heavy atom. The minimum absolute atomic E-state index is 0.567. The summed E-state index contributed by atoms with van der Waals surface area (Å²) in [4.78, 5) is 12.5. The Morgan fingerprint density at radius 3 is 2.81 bits per heavy atom. The maximum absolute atomic E-state index is 5.56. The van der Waals surface area contributed by atoms with Gasteiger partial charge < -0.3 is 4.42 Å². The summed E-state index contributed by atoms with van der Waals surface area (Å²) in [6.45, 7) is 1.98. The van der Waals surface area contributed by atoms with Crippen molar-refractivity contribution in [2.24, 2.45) is 0 Å². The lowest BCUT2D eigenvalue weighted by atomic mass is 10.3. The van der Waals surface area contributed by atoms with E-state index in [0.29, 0.717) is 11.6 Å². The van der Waals surface area contributed by atoms with Crippen LogP contribution in [0.4, 0.5) is 0 Å². The highest BCUT2D eigenvalue weighted by Gasteiger charge is 2.08. The standard InChI is InChI=1S/C12H9N3O/c1-8-6-10-12(14-7-8)16-11(15-10)9-2-4-13-5-3-9/h2-7H,1H3. The first-order valence-electron chi connectivity index (χ1n) is 4.96. The molecule has 0 bridgehead atoms. The molecule has 0 radical (unpaired) electrons. The summed E-state index contributed by atoms with van der Waals surface area (Å²) in [6, 6.07) is 5.67. The van der Waals surface area contributed by atoms with Crippen LogP contribution < -0.4 is 0 Å². The van der Waals surface area contributed by atoms with Crippen LogP contribution in [0.25, 0.3) is 22.7 Å². The summed E-state index contributed by atoms with van der Waals surface area (Å²) in [7, 11) is 0. The third kappa shape index (κ3) is 1.44. The molecule has 0 N–H and O–H groups in total. The van der Waals surface area contributed by atoms with Gasteiger partial charge in [-0.2, -0.15) is 0 Å². The third-order valence-corrected chi connectivity index (χ3v) is 2.31. The van der Waals surface area contributed by atoms with Crippen LogP contribution in [0, 0.1) is 6.92 Å². The van der Waals surface area contributed by atoms with Crippen molar-refractivity contribution in [3.8, 4) is 11.5 Å². The topological polar surface area (TPSA) is 51.8 Å². The largest absolute Gasteiger partial charge is 0.418 e. The fourth-order valence-corrected chi connectivity index (χ4v) is 1.54. The van der Waals surface area contributed by atoms with Gasteiger partial charge in [-0.3, -0.25) is 4.98 Å². The molecule has 0 unspecified atom stereocenters. The molecule has 16 heavy (non-hydrogen) atoms. The van der Waals surface area contributed by atoms with Crippen LogP contribution in [0.5, 0.6) is 0 Å². The molecule has 0 spiro atoms. The van der Waals surface area contributed by atoms with Gasteiger partial charge in [0.25, 0.3) is 0 Å². The molecular formula is C12H9N3O. The van der Waals surface area contributed by atoms with Crippen molar-refractivity contribution in [1.82, 2.24) is 15.0 Å². The zero-order valence-electron chi connectivity index (χ0n) is 8.71. The first-order valence-corrected chi connectivity index (χ1v) is 4.96. The smallest absolute Gasteiger partial charge is 0.247 e. The highest BCUT2D eigenvalue weighted by Crippen LogP contribution is 2.22. The van der Waals surface area contributed by atoms with E-state index in [4.69, 9.17) is 4.42 Å². The average Bonchev–Trinajstić information content (AvgIpc) is 2.73. The Hall–Kier alpha value is -2.23. The number of aromatic nitrogens is 3. The summed E-state index contributed by atoms with van der Waals surface area (Å²) in [5.41, 5.74) is 3.33. The predicted octanol–water partition coefficient (Wildman–Crippen LogP) is 2.59.